The van der Waals surface area contributed by atoms with E-state index in [1.807, 2.05) is 38.1 Å². The van der Waals surface area contributed by atoms with Gasteiger partial charge >= 0.3 is 5.69 Å². The number of carbonyl (C=O) groups excluding carboxylic acids is 1. The molecule has 2 aromatic heterocycles. The number of fused-ring (bicyclic) bond motifs is 2. The van der Waals surface area contributed by atoms with Crippen molar-refractivity contribution in [2.24, 2.45) is 0 Å². The van der Waals surface area contributed by atoms with E-state index in [9.17, 15) is 14.4 Å². The van der Waals surface area contributed by atoms with Crippen molar-refractivity contribution in [3.05, 3.63) is 75.1 Å². The van der Waals surface area contributed by atoms with E-state index in [0.29, 0.717) is 34.6 Å². The van der Waals surface area contributed by atoms with E-state index in [-0.39, 0.29) is 24.9 Å². The lowest BCUT2D eigenvalue weighted by atomic mass is 10.2. The predicted molar refractivity (Wildman–Crippen MR) is 117 cm³/mol. The quantitative estimate of drug-likeness (QED) is 0.477. The molecule has 0 unspecified atom stereocenters. The molecule has 0 bridgehead atoms. The molecule has 0 aliphatic carbocycles. The molecule has 2 N–H and O–H groups in total. The van der Waals surface area contributed by atoms with Crippen molar-refractivity contribution in [3.63, 3.8) is 0 Å². The van der Waals surface area contributed by atoms with Gasteiger partial charge in [-0.2, -0.15) is 0 Å². The van der Waals surface area contributed by atoms with Gasteiger partial charge in [-0.15, -0.1) is 0 Å². The summed E-state index contributed by atoms with van der Waals surface area (Å²) in [6.07, 6.45) is 0.0741. The molecular weight excluding hydrogens is 398 g/mol. The number of furan rings is 1. The Bertz CT molecular complexity index is 1370. The fraction of sp³-hybridized carbons (Fsp3) is 0.261. The Morgan fingerprint density at radius 3 is 2.81 bits per heavy atom. The maximum Gasteiger partial charge on any atom is 0.328 e. The van der Waals surface area contributed by atoms with Crippen LogP contribution in [0.4, 0.5) is 0 Å². The maximum atomic E-state index is 12.5. The first-order chi connectivity index (χ1) is 15.0. The summed E-state index contributed by atoms with van der Waals surface area (Å²) in [5, 5.41) is 4.20. The Morgan fingerprint density at radius 2 is 2.00 bits per heavy atom. The molecule has 0 aliphatic heterocycles. The molecule has 160 valence electrons. The second kappa shape index (κ2) is 8.51. The van der Waals surface area contributed by atoms with Crippen molar-refractivity contribution < 1.29 is 13.9 Å². The minimum Gasteiger partial charge on any atom is -0.490 e. The first-order valence-corrected chi connectivity index (χ1v) is 10.1. The smallest absolute Gasteiger partial charge is 0.328 e. The number of aryl methyl sites for hydroxylation is 1. The highest BCUT2D eigenvalue weighted by molar-refractivity contribution is 5.84. The molecule has 0 spiro atoms. The number of hydrogen-bond acceptors (Lipinski definition) is 5. The molecule has 31 heavy (non-hydrogen) atoms. The molecule has 0 fully saturated rings. The fourth-order valence-corrected chi connectivity index (χ4v) is 3.60. The van der Waals surface area contributed by atoms with Gasteiger partial charge in [0.2, 0.25) is 5.91 Å². The van der Waals surface area contributed by atoms with Crippen LogP contribution in [0.25, 0.3) is 21.9 Å². The summed E-state index contributed by atoms with van der Waals surface area (Å²) < 4.78 is 12.9. The van der Waals surface area contributed by atoms with Crippen LogP contribution in [0, 0.1) is 0 Å². The van der Waals surface area contributed by atoms with Gasteiger partial charge < -0.3 is 14.5 Å². The SMILES string of the molecule is CCOc1cccc2cc([C@H](C)NC(=O)CCn3c(=O)[nH]c(=O)c4ccccc43)oc12. The van der Waals surface area contributed by atoms with Crippen molar-refractivity contribution >= 4 is 27.8 Å². The molecule has 1 atom stereocenters. The van der Waals surface area contributed by atoms with Gasteiger partial charge in [0.15, 0.2) is 11.3 Å². The molecule has 0 saturated heterocycles. The predicted octanol–water partition coefficient (Wildman–Crippen LogP) is 3.10. The van der Waals surface area contributed by atoms with Crippen LogP contribution in [0.5, 0.6) is 5.75 Å². The molecule has 1 amide bonds. The van der Waals surface area contributed by atoms with Crippen LogP contribution in [0.15, 0.2) is 62.5 Å². The van der Waals surface area contributed by atoms with Crippen molar-refractivity contribution in [1.82, 2.24) is 14.9 Å². The average molecular weight is 421 g/mol. The van der Waals surface area contributed by atoms with E-state index >= 15 is 0 Å². The lowest BCUT2D eigenvalue weighted by Crippen LogP contribution is -2.33. The van der Waals surface area contributed by atoms with Gasteiger partial charge in [-0.1, -0.05) is 24.3 Å². The van der Waals surface area contributed by atoms with Gasteiger partial charge in [-0.3, -0.25) is 19.1 Å². The normalized spacial score (nSPS) is 12.2. The number of nitrogens with one attached hydrogen (secondary N) is 2. The highest BCUT2D eigenvalue weighted by atomic mass is 16.5. The molecule has 2 heterocycles. The first kappa shape index (κ1) is 20.5. The number of H-pyrrole nitrogens is 1. The Morgan fingerprint density at radius 1 is 1.19 bits per heavy atom. The second-order valence-corrected chi connectivity index (χ2v) is 7.22. The molecule has 2 aromatic carbocycles. The molecule has 4 aromatic rings. The zero-order chi connectivity index (χ0) is 22.0. The van der Waals surface area contributed by atoms with E-state index in [2.05, 4.69) is 10.3 Å². The topological polar surface area (TPSA) is 106 Å². The van der Waals surface area contributed by atoms with E-state index < -0.39 is 11.2 Å². The van der Waals surface area contributed by atoms with Gasteiger partial charge in [-0.25, -0.2) is 4.79 Å². The number of hydrogen-bond donors (Lipinski definition) is 2. The van der Waals surface area contributed by atoms with Gasteiger partial charge in [0.05, 0.1) is 23.6 Å². The monoisotopic (exact) mass is 421 g/mol. The third-order valence-electron chi connectivity index (χ3n) is 5.10. The number of aromatic nitrogens is 2. The van der Waals surface area contributed by atoms with Crippen LogP contribution in [-0.4, -0.2) is 22.1 Å². The minimum absolute atomic E-state index is 0.0741. The van der Waals surface area contributed by atoms with Crippen LogP contribution >= 0.6 is 0 Å². The van der Waals surface area contributed by atoms with Crippen molar-refractivity contribution in [1.29, 1.82) is 0 Å². The summed E-state index contributed by atoms with van der Waals surface area (Å²) in [6.45, 7) is 4.41. The summed E-state index contributed by atoms with van der Waals surface area (Å²) in [5.41, 5.74) is 0.168. The largest absolute Gasteiger partial charge is 0.490 e. The van der Waals surface area contributed by atoms with Gasteiger partial charge in [0, 0.05) is 18.4 Å². The number of benzene rings is 2. The molecule has 0 saturated carbocycles. The zero-order valence-corrected chi connectivity index (χ0v) is 17.3. The fourth-order valence-electron chi connectivity index (χ4n) is 3.60. The van der Waals surface area contributed by atoms with Gasteiger partial charge in [0.25, 0.3) is 5.56 Å². The van der Waals surface area contributed by atoms with Crippen LogP contribution in [0.2, 0.25) is 0 Å². The number of aromatic amines is 1. The summed E-state index contributed by atoms with van der Waals surface area (Å²) in [7, 11) is 0. The first-order valence-electron chi connectivity index (χ1n) is 10.1. The zero-order valence-electron chi connectivity index (χ0n) is 17.3. The Labute approximate surface area is 177 Å². The highest BCUT2D eigenvalue weighted by Crippen LogP contribution is 2.31. The van der Waals surface area contributed by atoms with E-state index in [1.54, 1.807) is 24.3 Å². The lowest BCUT2D eigenvalue weighted by Gasteiger charge is -2.13. The van der Waals surface area contributed by atoms with E-state index in [1.165, 1.54) is 4.57 Å². The summed E-state index contributed by atoms with van der Waals surface area (Å²) >= 11 is 0. The summed E-state index contributed by atoms with van der Waals surface area (Å²) in [5.74, 6) is 1.04. The summed E-state index contributed by atoms with van der Waals surface area (Å²) in [6, 6.07) is 14.0. The Kier molecular flexibility index (Phi) is 5.62. The maximum absolute atomic E-state index is 12.5. The van der Waals surface area contributed by atoms with Crippen LogP contribution < -0.4 is 21.3 Å². The van der Waals surface area contributed by atoms with E-state index in [4.69, 9.17) is 9.15 Å². The standard InChI is InChI=1S/C23H23N3O5/c1-3-30-18-10-6-7-15-13-19(31-21(15)18)14(2)24-20(27)11-12-26-17-9-5-4-8-16(17)22(28)25-23(26)29/h4-10,13-14H,3,11-12H2,1-2H3,(H,24,27)(H,25,28,29)/t14-/m0/s1. The number of rotatable bonds is 7. The molecule has 8 nitrogen and oxygen atoms in total. The Hall–Kier alpha value is -3.81. The molecular formula is C23H23N3O5. The molecule has 8 heteroatoms. The van der Waals surface area contributed by atoms with Crippen LogP contribution in [0.3, 0.4) is 0 Å². The van der Waals surface area contributed by atoms with Crippen LogP contribution in [-0.2, 0) is 11.3 Å². The number of amides is 1. The second-order valence-electron chi connectivity index (χ2n) is 7.22. The molecule has 0 aliphatic rings. The van der Waals surface area contributed by atoms with E-state index in [0.717, 1.165) is 5.39 Å². The lowest BCUT2D eigenvalue weighted by molar-refractivity contribution is -0.122. The molecule has 0 radical (unpaired) electrons. The van der Waals surface area contributed by atoms with Crippen molar-refractivity contribution in [3.8, 4) is 5.75 Å². The number of para-hydroxylation sites is 2. The Balaban J connectivity index is 1.48. The van der Waals surface area contributed by atoms with Crippen LogP contribution in [0.1, 0.15) is 32.1 Å². The highest BCUT2D eigenvalue weighted by Gasteiger charge is 2.17. The van der Waals surface area contributed by atoms with Gasteiger partial charge in [-0.05, 0) is 38.1 Å². The third-order valence-corrected chi connectivity index (χ3v) is 5.10. The number of ether oxygens (including phenoxy) is 1. The minimum atomic E-state index is -0.537. The average Bonchev–Trinajstić information content (AvgIpc) is 3.19. The van der Waals surface area contributed by atoms with Gasteiger partial charge in [0.1, 0.15) is 5.76 Å². The third kappa shape index (κ3) is 4.09. The number of carbonyl (C=O) groups is 1. The summed E-state index contributed by atoms with van der Waals surface area (Å²) in [4.78, 5) is 39.0. The molecule has 4 rings (SSSR count). The number of nitrogens with zero attached hydrogens (tertiary/aromatic N) is 1. The van der Waals surface area contributed by atoms with Crippen molar-refractivity contribution in [2.75, 3.05) is 6.61 Å². The van der Waals surface area contributed by atoms with Crippen molar-refractivity contribution in [2.45, 2.75) is 32.9 Å².